The smallest absolute Gasteiger partial charge is 0.239 e. The highest BCUT2D eigenvalue weighted by molar-refractivity contribution is 6.33. The van der Waals surface area contributed by atoms with Crippen LogP contribution in [-0.4, -0.2) is 46.6 Å². The fraction of sp³-hybridized carbons (Fsp3) is 0.353. The molecule has 8 heteroatoms. The van der Waals surface area contributed by atoms with Crippen LogP contribution < -0.4 is 10.6 Å². The number of nitrogens with one attached hydrogen (secondary N) is 2. The van der Waals surface area contributed by atoms with E-state index in [0.717, 1.165) is 0 Å². The van der Waals surface area contributed by atoms with Gasteiger partial charge < -0.3 is 10.6 Å². The minimum absolute atomic E-state index is 0.0715. The molecule has 0 saturated carbocycles. The zero-order chi connectivity index (χ0) is 18.4. The molecule has 1 aromatic heterocycles. The molecule has 1 aromatic carbocycles. The summed E-state index contributed by atoms with van der Waals surface area (Å²) >= 11 is 6.01. The third-order valence-electron chi connectivity index (χ3n) is 3.40. The van der Waals surface area contributed by atoms with Crippen LogP contribution in [0.1, 0.15) is 19.9 Å². The summed E-state index contributed by atoms with van der Waals surface area (Å²) in [5, 5.41) is 10.2. The van der Waals surface area contributed by atoms with E-state index in [-0.39, 0.29) is 30.9 Å². The molecule has 0 saturated heterocycles. The highest BCUT2D eigenvalue weighted by atomic mass is 35.5. The first kappa shape index (κ1) is 19.0. The Morgan fingerprint density at radius 1 is 1.16 bits per heavy atom. The lowest BCUT2D eigenvalue weighted by atomic mass is 10.3. The third kappa shape index (κ3) is 5.58. The monoisotopic (exact) mass is 363 g/mol. The Morgan fingerprint density at radius 2 is 1.80 bits per heavy atom. The Morgan fingerprint density at radius 3 is 2.44 bits per heavy atom. The first-order valence-corrected chi connectivity index (χ1v) is 8.31. The molecule has 0 unspecified atom stereocenters. The second-order valence-corrected chi connectivity index (χ2v) is 6.41. The molecule has 0 aliphatic carbocycles. The molecular formula is C17H22ClN5O2. The summed E-state index contributed by atoms with van der Waals surface area (Å²) in [4.78, 5) is 25.8. The predicted molar refractivity (Wildman–Crippen MR) is 98.8 cm³/mol. The Labute approximate surface area is 152 Å². The summed E-state index contributed by atoms with van der Waals surface area (Å²) in [5.74, 6) is 0.181. The molecule has 0 aliphatic heterocycles. The lowest BCUT2D eigenvalue weighted by Gasteiger charge is -2.17. The number of para-hydroxylation sites is 1. The van der Waals surface area contributed by atoms with Gasteiger partial charge in [0.2, 0.25) is 11.8 Å². The van der Waals surface area contributed by atoms with Crippen LogP contribution in [-0.2, 0) is 9.59 Å². The number of anilines is 2. The van der Waals surface area contributed by atoms with E-state index in [2.05, 4.69) is 15.7 Å². The molecule has 0 bridgehead atoms. The number of rotatable bonds is 7. The largest absolute Gasteiger partial charge is 0.324 e. The molecule has 2 amide bonds. The Bertz CT molecular complexity index is 744. The van der Waals surface area contributed by atoms with Gasteiger partial charge in [-0.2, -0.15) is 5.10 Å². The van der Waals surface area contributed by atoms with Crippen LogP contribution in [0.4, 0.5) is 11.5 Å². The molecule has 0 atom stereocenters. The first-order chi connectivity index (χ1) is 11.9. The highest BCUT2D eigenvalue weighted by Crippen LogP contribution is 2.20. The zero-order valence-corrected chi connectivity index (χ0v) is 15.2. The molecule has 2 N–H and O–H groups in total. The number of likely N-dealkylation sites (N-methyl/N-ethyl adjacent to an activating group) is 1. The number of carbonyl (C=O) groups is 2. The molecule has 1 heterocycles. The number of carbonyl (C=O) groups excluding carboxylic acids is 2. The van der Waals surface area contributed by atoms with E-state index in [0.29, 0.717) is 16.5 Å². The second-order valence-electron chi connectivity index (χ2n) is 6.00. The minimum Gasteiger partial charge on any atom is -0.324 e. The molecule has 7 nitrogen and oxygen atoms in total. The lowest BCUT2D eigenvalue weighted by Crippen LogP contribution is -2.36. The molecule has 0 radical (unpaired) electrons. The number of aromatic nitrogens is 2. The predicted octanol–water partition coefficient (Wildman–Crippen LogP) is 2.63. The summed E-state index contributed by atoms with van der Waals surface area (Å²) in [6.07, 6.45) is 1.64. The van der Waals surface area contributed by atoms with E-state index in [4.69, 9.17) is 11.6 Å². The van der Waals surface area contributed by atoms with Gasteiger partial charge in [-0.1, -0.05) is 23.7 Å². The van der Waals surface area contributed by atoms with Gasteiger partial charge in [0.05, 0.1) is 30.0 Å². The van der Waals surface area contributed by atoms with Gasteiger partial charge in [0, 0.05) is 12.1 Å². The van der Waals surface area contributed by atoms with Gasteiger partial charge in [0.15, 0.2) is 0 Å². The second kappa shape index (κ2) is 8.64. The van der Waals surface area contributed by atoms with Crippen molar-refractivity contribution < 1.29 is 9.59 Å². The fourth-order valence-electron chi connectivity index (χ4n) is 2.31. The van der Waals surface area contributed by atoms with E-state index in [1.54, 1.807) is 53.2 Å². The fourth-order valence-corrected chi connectivity index (χ4v) is 2.49. The van der Waals surface area contributed by atoms with Crippen molar-refractivity contribution in [3.63, 3.8) is 0 Å². The number of nitrogens with zero attached hydrogens (tertiary/aromatic N) is 3. The number of halogens is 1. The van der Waals surface area contributed by atoms with E-state index in [1.165, 1.54) is 0 Å². The van der Waals surface area contributed by atoms with Crippen molar-refractivity contribution in [1.29, 1.82) is 0 Å². The topological polar surface area (TPSA) is 79.3 Å². The van der Waals surface area contributed by atoms with E-state index in [9.17, 15) is 9.59 Å². The average molecular weight is 364 g/mol. The van der Waals surface area contributed by atoms with E-state index < -0.39 is 0 Å². The van der Waals surface area contributed by atoms with Crippen LogP contribution in [0.25, 0.3) is 0 Å². The van der Waals surface area contributed by atoms with Gasteiger partial charge in [-0.3, -0.25) is 14.5 Å². The molecule has 2 aromatic rings. The lowest BCUT2D eigenvalue weighted by molar-refractivity contribution is -0.119. The third-order valence-corrected chi connectivity index (χ3v) is 3.73. The van der Waals surface area contributed by atoms with Crippen LogP contribution in [0.3, 0.4) is 0 Å². The van der Waals surface area contributed by atoms with Crippen molar-refractivity contribution in [3.8, 4) is 0 Å². The number of hydrogen-bond acceptors (Lipinski definition) is 4. The van der Waals surface area contributed by atoms with Crippen molar-refractivity contribution in [2.24, 2.45) is 0 Å². The summed E-state index contributed by atoms with van der Waals surface area (Å²) in [7, 11) is 1.70. The van der Waals surface area contributed by atoms with Crippen LogP contribution >= 0.6 is 11.6 Å². The SMILES string of the molecule is CC(C)n1nccc1NC(=O)CN(C)CC(=O)Nc1ccccc1Cl. The van der Waals surface area contributed by atoms with Gasteiger partial charge in [-0.15, -0.1) is 0 Å². The van der Waals surface area contributed by atoms with Gasteiger partial charge in [-0.25, -0.2) is 4.68 Å². The average Bonchev–Trinajstić information content (AvgIpc) is 2.97. The number of amides is 2. The first-order valence-electron chi connectivity index (χ1n) is 7.93. The Kier molecular flexibility index (Phi) is 6.55. The van der Waals surface area contributed by atoms with Gasteiger partial charge in [0.1, 0.15) is 5.82 Å². The Hall–Kier alpha value is -2.38. The van der Waals surface area contributed by atoms with Crippen LogP contribution in [0.5, 0.6) is 0 Å². The molecule has 134 valence electrons. The van der Waals surface area contributed by atoms with Crippen LogP contribution in [0, 0.1) is 0 Å². The molecule has 0 spiro atoms. The van der Waals surface area contributed by atoms with E-state index >= 15 is 0 Å². The molecule has 0 fully saturated rings. The summed E-state index contributed by atoms with van der Waals surface area (Å²) in [5.41, 5.74) is 0.549. The summed E-state index contributed by atoms with van der Waals surface area (Å²) in [6, 6.07) is 8.88. The van der Waals surface area contributed by atoms with Crippen LogP contribution in [0.15, 0.2) is 36.5 Å². The zero-order valence-electron chi connectivity index (χ0n) is 14.5. The molecule has 2 rings (SSSR count). The summed E-state index contributed by atoms with van der Waals surface area (Å²) < 4.78 is 1.72. The van der Waals surface area contributed by atoms with Crippen molar-refractivity contribution in [2.75, 3.05) is 30.8 Å². The number of benzene rings is 1. The van der Waals surface area contributed by atoms with Gasteiger partial charge in [-0.05, 0) is 33.0 Å². The quantitative estimate of drug-likeness (QED) is 0.792. The minimum atomic E-state index is -0.240. The van der Waals surface area contributed by atoms with Crippen LogP contribution in [0.2, 0.25) is 5.02 Å². The summed E-state index contributed by atoms with van der Waals surface area (Å²) in [6.45, 7) is 4.11. The van der Waals surface area contributed by atoms with Crippen molar-refractivity contribution in [3.05, 3.63) is 41.6 Å². The maximum atomic E-state index is 12.1. The van der Waals surface area contributed by atoms with Crippen molar-refractivity contribution in [2.45, 2.75) is 19.9 Å². The molecule has 25 heavy (non-hydrogen) atoms. The standard InChI is InChI=1S/C17H22ClN5O2/c1-12(2)23-15(8-9-19-23)21-17(25)11-22(3)10-16(24)20-14-7-5-4-6-13(14)18/h4-9,12H,10-11H2,1-3H3,(H,20,24)(H,21,25). The van der Waals surface area contributed by atoms with Crippen molar-refractivity contribution >= 4 is 34.9 Å². The Balaban J connectivity index is 1.84. The number of hydrogen-bond donors (Lipinski definition) is 2. The van der Waals surface area contributed by atoms with Gasteiger partial charge in [0.25, 0.3) is 0 Å². The molecule has 0 aliphatic rings. The van der Waals surface area contributed by atoms with E-state index in [1.807, 2.05) is 13.8 Å². The highest BCUT2D eigenvalue weighted by Gasteiger charge is 2.14. The maximum absolute atomic E-state index is 12.1. The van der Waals surface area contributed by atoms with Crippen molar-refractivity contribution in [1.82, 2.24) is 14.7 Å². The molecular weight excluding hydrogens is 342 g/mol. The van der Waals surface area contributed by atoms with Gasteiger partial charge >= 0.3 is 0 Å². The maximum Gasteiger partial charge on any atom is 0.239 e. The normalized spacial score (nSPS) is 11.0.